The minimum Gasteiger partial charge on any atom is -0.271 e. The number of fused-ring (bicyclic) bond motifs is 3. The summed E-state index contributed by atoms with van der Waals surface area (Å²) in [6, 6.07) is 6.26. The van der Waals surface area contributed by atoms with Crippen LogP contribution in [0, 0.1) is 3.57 Å². The zero-order chi connectivity index (χ0) is 8.84. The molecule has 3 nitrogen and oxygen atoms in total. The number of para-hydroxylation sites is 1. The zero-order valence-corrected chi connectivity index (χ0v) is 9.41. The number of hydrogen-bond donors (Lipinski definition) is 0. The monoisotopic (exact) mass is 301 g/mol. The number of benzene rings is 1. The van der Waals surface area contributed by atoms with Crippen molar-refractivity contribution < 1.29 is 0 Å². The smallest absolute Gasteiger partial charge is 0.217 e. The third-order valence-corrected chi connectivity index (χ3v) is 3.79. The Hall–Kier alpha value is -0.690. The molecule has 64 valence electrons. The minimum atomic E-state index is 0.958. The molecule has 0 aliphatic heterocycles. The second-order valence-corrected chi connectivity index (χ2v) is 4.84. The van der Waals surface area contributed by atoms with Crippen LogP contribution in [0.3, 0.4) is 0 Å². The minimum absolute atomic E-state index is 0.958. The van der Waals surface area contributed by atoms with Crippen LogP contribution in [-0.2, 0) is 0 Å². The van der Waals surface area contributed by atoms with Gasteiger partial charge in [0.2, 0.25) is 4.96 Å². The average Bonchev–Trinajstić information content (AvgIpc) is 2.62. The van der Waals surface area contributed by atoms with Crippen molar-refractivity contribution in [2.75, 3.05) is 0 Å². The Morgan fingerprint density at radius 2 is 2.31 bits per heavy atom. The van der Waals surface area contributed by atoms with E-state index < -0.39 is 0 Å². The van der Waals surface area contributed by atoms with E-state index in [9.17, 15) is 0 Å². The molecule has 0 aliphatic rings. The van der Waals surface area contributed by atoms with Crippen LogP contribution in [-0.4, -0.2) is 14.6 Å². The van der Waals surface area contributed by atoms with E-state index in [4.69, 9.17) is 0 Å². The van der Waals surface area contributed by atoms with Gasteiger partial charge in [-0.2, -0.15) is 0 Å². The van der Waals surface area contributed by atoms with Crippen LogP contribution >= 0.6 is 33.9 Å². The molecule has 0 N–H and O–H groups in total. The summed E-state index contributed by atoms with van der Waals surface area (Å²) in [5.41, 5.74) is 1.22. The van der Waals surface area contributed by atoms with Crippen LogP contribution in [0.5, 0.6) is 0 Å². The van der Waals surface area contributed by atoms with Gasteiger partial charge >= 0.3 is 0 Å². The molecule has 13 heavy (non-hydrogen) atoms. The van der Waals surface area contributed by atoms with Gasteiger partial charge in [-0.15, -0.1) is 10.2 Å². The topological polar surface area (TPSA) is 30.2 Å². The summed E-state index contributed by atoms with van der Waals surface area (Å²) >= 11 is 4.00. The summed E-state index contributed by atoms with van der Waals surface area (Å²) in [4.78, 5) is 0.958. The van der Waals surface area contributed by atoms with Gasteiger partial charge in [-0.3, -0.25) is 4.40 Å². The maximum Gasteiger partial charge on any atom is 0.217 e. The summed E-state index contributed by atoms with van der Waals surface area (Å²) in [6.45, 7) is 0. The third kappa shape index (κ3) is 1.000. The van der Waals surface area contributed by atoms with Crippen LogP contribution in [0.15, 0.2) is 24.5 Å². The molecule has 0 atom stereocenters. The molecular weight excluding hydrogens is 297 g/mol. The van der Waals surface area contributed by atoms with E-state index in [0.717, 1.165) is 4.96 Å². The lowest BCUT2D eigenvalue weighted by atomic mass is 10.3. The molecule has 0 aliphatic carbocycles. The zero-order valence-electron chi connectivity index (χ0n) is 6.44. The van der Waals surface area contributed by atoms with Crippen LogP contribution in [0.25, 0.3) is 15.2 Å². The second-order valence-electron chi connectivity index (χ2n) is 2.67. The van der Waals surface area contributed by atoms with Crippen LogP contribution < -0.4 is 0 Å². The van der Waals surface area contributed by atoms with Crippen molar-refractivity contribution in [3.8, 4) is 0 Å². The highest BCUT2D eigenvalue weighted by atomic mass is 127. The summed E-state index contributed by atoms with van der Waals surface area (Å²) in [5.74, 6) is 0. The summed E-state index contributed by atoms with van der Waals surface area (Å²) in [7, 11) is 0. The van der Waals surface area contributed by atoms with Crippen molar-refractivity contribution in [1.82, 2.24) is 14.6 Å². The first kappa shape index (κ1) is 7.69. The molecule has 2 aromatic heterocycles. The fourth-order valence-electron chi connectivity index (χ4n) is 1.36. The fraction of sp³-hybridized carbons (Fsp3) is 0. The molecule has 0 unspecified atom stereocenters. The van der Waals surface area contributed by atoms with E-state index in [1.807, 2.05) is 4.40 Å². The van der Waals surface area contributed by atoms with Gasteiger partial charge in [-0.25, -0.2) is 0 Å². The average molecular weight is 301 g/mol. The van der Waals surface area contributed by atoms with Gasteiger partial charge in [0, 0.05) is 3.57 Å². The molecule has 3 aromatic rings. The van der Waals surface area contributed by atoms with Crippen molar-refractivity contribution in [3.63, 3.8) is 0 Å². The molecular formula is C8H4IN3S. The van der Waals surface area contributed by atoms with Crippen molar-refractivity contribution in [1.29, 1.82) is 0 Å². The fourth-order valence-corrected chi connectivity index (χ4v) is 3.27. The van der Waals surface area contributed by atoms with Gasteiger partial charge in [0.25, 0.3) is 0 Å². The Bertz CT molecular complexity index is 583. The lowest BCUT2D eigenvalue weighted by Gasteiger charge is -1.92. The standard InChI is InChI=1S/C8H4IN3S/c9-5-2-1-3-6-7(5)12-4-10-11-8(12)13-6/h1-4H. The quantitative estimate of drug-likeness (QED) is 0.597. The van der Waals surface area contributed by atoms with E-state index in [-0.39, 0.29) is 0 Å². The summed E-state index contributed by atoms with van der Waals surface area (Å²) in [5, 5.41) is 7.90. The van der Waals surface area contributed by atoms with Crippen LogP contribution in [0.1, 0.15) is 0 Å². The molecule has 0 spiro atoms. The van der Waals surface area contributed by atoms with Crippen LogP contribution in [0.4, 0.5) is 0 Å². The Kier molecular flexibility index (Phi) is 1.57. The lowest BCUT2D eigenvalue weighted by molar-refractivity contribution is 1.11. The molecule has 2 heterocycles. The van der Waals surface area contributed by atoms with Gasteiger partial charge in [0.15, 0.2) is 0 Å². The number of hydrogen-bond acceptors (Lipinski definition) is 3. The predicted molar refractivity (Wildman–Crippen MR) is 61.1 cm³/mol. The molecule has 5 heteroatoms. The molecule has 3 rings (SSSR count). The van der Waals surface area contributed by atoms with Crippen molar-refractivity contribution >= 4 is 49.1 Å². The molecule has 0 radical (unpaired) electrons. The van der Waals surface area contributed by atoms with E-state index in [1.54, 1.807) is 17.7 Å². The van der Waals surface area contributed by atoms with Gasteiger partial charge in [-0.05, 0) is 34.7 Å². The molecule has 0 bridgehead atoms. The van der Waals surface area contributed by atoms with E-state index in [1.165, 1.54) is 13.8 Å². The first-order chi connectivity index (χ1) is 6.36. The van der Waals surface area contributed by atoms with Gasteiger partial charge < -0.3 is 0 Å². The highest BCUT2D eigenvalue weighted by Crippen LogP contribution is 2.27. The SMILES string of the molecule is Ic1cccc2sc3nncn3c12. The number of thiazole rings is 1. The Morgan fingerprint density at radius 3 is 3.23 bits per heavy atom. The van der Waals surface area contributed by atoms with E-state index in [2.05, 4.69) is 51.0 Å². The number of aromatic nitrogens is 3. The first-order valence-corrected chi connectivity index (χ1v) is 5.62. The first-order valence-electron chi connectivity index (χ1n) is 3.73. The van der Waals surface area contributed by atoms with Crippen LogP contribution in [0.2, 0.25) is 0 Å². The summed E-state index contributed by atoms with van der Waals surface area (Å²) < 4.78 is 4.53. The predicted octanol–water partition coefficient (Wildman–Crippen LogP) is 2.55. The molecule has 0 fully saturated rings. The number of nitrogens with zero attached hydrogens (tertiary/aromatic N) is 3. The highest BCUT2D eigenvalue weighted by molar-refractivity contribution is 14.1. The Balaban J connectivity index is 2.68. The molecule has 0 saturated carbocycles. The van der Waals surface area contributed by atoms with E-state index in [0.29, 0.717) is 0 Å². The molecule has 0 amide bonds. The number of halogens is 1. The largest absolute Gasteiger partial charge is 0.271 e. The van der Waals surface area contributed by atoms with Gasteiger partial charge in [0.05, 0.1) is 10.2 Å². The molecule has 0 saturated heterocycles. The van der Waals surface area contributed by atoms with Crippen molar-refractivity contribution in [2.24, 2.45) is 0 Å². The Morgan fingerprint density at radius 1 is 1.38 bits per heavy atom. The highest BCUT2D eigenvalue weighted by Gasteiger charge is 2.07. The van der Waals surface area contributed by atoms with Crippen molar-refractivity contribution in [3.05, 3.63) is 28.1 Å². The van der Waals surface area contributed by atoms with Crippen molar-refractivity contribution in [2.45, 2.75) is 0 Å². The maximum atomic E-state index is 4.03. The van der Waals surface area contributed by atoms with E-state index >= 15 is 0 Å². The third-order valence-electron chi connectivity index (χ3n) is 1.91. The summed E-state index contributed by atoms with van der Waals surface area (Å²) in [6.07, 6.45) is 1.76. The normalized spacial score (nSPS) is 11.5. The Labute approximate surface area is 91.5 Å². The maximum absolute atomic E-state index is 4.03. The lowest BCUT2D eigenvalue weighted by Crippen LogP contribution is -1.80. The van der Waals surface area contributed by atoms with Gasteiger partial charge in [-0.1, -0.05) is 17.4 Å². The second kappa shape index (κ2) is 2.65. The molecule has 1 aromatic carbocycles. The number of rotatable bonds is 0. The van der Waals surface area contributed by atoms with Gasteiger partial charge in [0.1, 0.15) is 6.33 Å².